The van der Waals surface area contributed by atoms with Crippen LogP contribution < -0.4 is 10.2 Å². The number of halogens is 2. The standard InChI is InChI=1S/C22H16F2N2O2S/c1-12-5-7-15(10-13(12)2)26-21(27)19(18-4-3-9-29-18)20(22(26)28)25-14-6-8-16(23)17(24)11-14/h3-11,25H,1-2H3. The fourth-order valence-corrected chi connectivity index (χ4v) is 3.88. The number of nitrogens with one attached hydrogen (secondary N) is 1. The van der Waals surface area contributed by atoms with E-state index in [-0.39, 0.29) is 17.0 Å². The van der Waals surface area contributed by atoms with Gasteiger partial charge in [0.2, 0.25) is 0 Å². The Morgan fingerprint density at radius 1 is 0.897 bits per heavy atom. The van der Waals surface area contributed by atoms with E-state index in [4.69, 9.17) is 0 Å². The zero-order valence-corrected chi connectivity index (χ0v) is 16.4. The van der Waals surface area contributed by atoms with Crippen molar-refractivity contribution in [1.29, 1.82) is 0 Å². The van der Waals surface area contributed by atoms with Crippen LogP contribution in [0.3, 0.4) is 0 Å². The van der Waals surface area contributed by atoms with E-state index >= 15 is 0 Å². The van der Waals surface area contributed by atoms with Crippen LogP contribution >= 0.6 is 11.3 Å². The van der Waals surface area contributed by atoms with E-state index in [2.05, 4.69) is 5.32 Å². The maximum atomic E-state index is 13.6. The molecule has 0 aliphatic carbocycles. The molecule has 0 atom stereocenters. The first-order valence-electron chi connectivity index (χ1n) is 8.83. The van der Waals surface area contributed by atoms with Crippen LogP contribution in [0.15, 0.2) is 59.6 Å². The molecule has 4 rings (SSSR count). The second-order valence-corrected chi connectivity index (χ2v) is 7.64. The van der Waals surface area contributed by atoms with E-state index in [1.54, 1.807) is 29.6 Å². The van der Waals surface area contributed by atoms with Crippen LogP contribution in [0.25, 0.3) is 5.57 Å². The Kier molecular flexibility index (Phi) is 4.76. The van der Waals surface area contributed by atoms with Gasteiger partial charge in [-0.05, 0) is 60.7 Å². The summed E-state index contributed by atoms with van der Waals surface area (Å²) >= 11 is 1.32. The predicted molar refractivity (Wildman–Crippen MR) is 110 cm³/mol. The van der Waals surface area contributed by atoms with Crippen molar-refractivity contribution in [2.45, 2.75) is 13.8 Å². The number of rotatable bonds is 4. The smallest absolute Gasteiger partial charge is 0.282 e. The van der Waals surface area contributed by atoms with E-state index in [9.17, 15) is 18.4 Å². The van der Waals surface area contributed by atoms with Gasteiger partial charge in [0.1, 0.15) is 5.70 Å². The third kappa shape index (κ3) is 3.34. The summed E-state index contributed by atoms with van der Waals surface area (Å²) in [6, 6.07) is 12.1. The fourth-order valence-electron chi connectivity index (χ4n) is 3.11. The number of nitrogens with zero attached hydrogens (tertiary/aromatic N) is 1. The Bertz CT molecular complexity index is 1170. The van der Waals surface area contributed by atoms with Crippen LogP contribution in [0.2, 0.25) is 0 Å². The number of imide groups is 1. The Hall–Kier alpha value is -3.32. The molecule has 0 saturated heterocycles. The number of amides is 2. The molecule has 3 aromatic rings. The predicted octanol–water partition coefficient (Wildman–Crippen LogP) is 5.04. The highest BCUT2D eigenvalue weighted by atomic mass is 32.1. The molecule has 7 heteroatoms. The minimum Gasteiger partial charge on any atom is -0.350 e. The monoisotopic (exact) mass is 410 g/mol. The van der Waals surface area contributed by atoms with Crippen LogP contribution in [0.1, 0.15) is 16.0 Å². The van der Waals surface area contributed by atoms with Crippen molar-refractivity contribution in [3.63, 3.8) is 0 Å². The zero-order valence-electron chi connectivity index (χ0n) is 15.6. The summed E-state index contributed by atoms with van der Waals surface area (Å²) in [5.41, 5.74) is 2.85. The van der Waals surface area contributed by atoms with Crippen LogP contribution in [0.4, 0.5) is 20.2 Å². The van der Waals surface area contributed by atoms with Gasteiger partial charge in [-0.2, -0.15) is 0 Å². The fraction of sp³-hybridized carbons (Fsp3) is 0.0909. The number of carbonyl (C=O) groups excluding carboxylic acids is 2. The van der Waals surface area contributed by atoms with Crippen LogP contribution in [0.5, 0.6) is 0 Å². The molecule has 0 unspecified atom stereocenters. The second kappa shape index (κ2) is 7.25. The first-order valence-corrected chi connectivity index (χ1v) is 9.71. The molecule has 1 aliphatic rings. The SMILES string of the molecule is Cc1ccc(N2C(=O)C(Nc3ccc(F)c(F)c3)=C(c3cccs3)C2=O)cc1C. The summed E-state index contributed by atoms with van der Waals surface area (Å²) in [6.45, 7) is 3.84. The number of carbonyl (C=O) groups is 2. The number of aryl methyl sites for hydroxylation is 2. The van der Waals surface area contributed by atoms with Gasteiger partial charge in [-0.25, -0.2) is 13.7 Å². The maximum Gasteiger partial charge on any atom is 0.282 e. The summed E-state index contributed by atoms with van der Waals surface area (Å²) in [5.74, 6) is -3.05. The normalized spacial score (nSPS) is 14.1. The largest absolute Gasteiger partial charge is 0.350 e. The molecule has 0 fully saturated rings. The molecule has 0 bridgehead atoms. The van der Waals surface area contributed by atoms with E-state index in [0.717, 1.165) is 28.2 Å². The highest BCUT2D eigenvalue weighted by Gasteiger charge is 2.40. The maximum absolute atomic E-state index is 13.6. The van der Waals surface area contributed by atoms with Crippen molar-refractivity contribution in [1.82, 2.24) is 0 Å². The lowest BCUT2D eigenvalue weighted by Gasteiger charge is -2.16. The van der Waals surface area contributed by atoms with Gasteiger partial charge in [0, 0.05) is 16.6 Å². The summed E-state index contributed by atoms with van der Waals surface area (Å²) in [6.07, 6.45) is 0. The zero-order chi connectivity index (χ0) is 20.7. The highest BCUT2D eigenvalue weighted by molar-refractivity contribution is 7.11. The van der Waals surface area contributed by atoms with Crippen molar-refractivity contribution in [2.24, 2.45) is 0 Å². The Morgan fingerprint density at radius 2 is 1.69 bits per heavy atom. The summed E-state index contributed by atoms with van der Waals surface area (Å²) in [4.78, 5) is 28.1. The van der Waals surface area contributed by atoms with Gasteiger partial charge in [-0.15, -0.1) is 11.3 Å². The third-order valence-corrected chi connectivity index (χ3v) is 5.68. The first kappa shape index (κ1) is 19.0. The third-order valence-electron chi connectivity index (χ3n) is 4.79. The van der Waals surface area contributed by atoms with Crippen LogP contribution in [0, 0.1) is 25.5 Å². The second-order valence-electron chi connectivity index (χ2n) is 6.70. The molecule has 146 valence electrons. The molecular formula is C22H16F2N2O2S. The lowest BCUT2D eigenvalue weighted by Crippen LogP contribution is -2.32. The topological polar surface area (TPSA) is 49.4 Å². The lowest BCUT2D eigenvalue weighted by molar-refractivity contribution is -0.120. The number of benzene rings is 2. The van der Waals surface area contributed by atoms with E-state index in [1.807, 2.05) is 19.9 Å². The quantitative estimate of drug-likeness (QED) is 0.613. The number of hydrogen-bond donors (Lipinski definition) is 1. The molecule has 0 radical (unpaired) electrons. The molecular weight excluding hydrogens is 394 g/mol. The Labute approximate surface area is 170 Å². The summed E-state index contributed by atoms with van der Waals surface area (Å²) in [5, 5.41) is 4.62. The molecule has 29 heavy (non-hydrogen) atoms. The molecule has 2 aromatic carbocycles. The van der Waals surface area contributed by atoms with Crippen molar-refractivity contribution in [2.75, 3.05) is 10.2 Å². The van der Waals surface area contributed by atoms with Crippen LogP contribution in [-0.2, 0) is 9.59 Å². The Balaban J connectivity index is 1.80. The lowest BCUT2D eigenvalue weighted by atomic mass is 10.1. The summed E-state index contributed by atoms with van der Waals surface area (Å²) < 4.78 is 26.9. The number of anilines is 2. The summed E-state index contributed by atoms with van der Waals surface area (Å²) in [7, 11) is 0. The van der Waals surface area contributed by atoms with Gasteiger partial charge >= 0.3 is 0 Å². The molecule has 1 N–H and O–H groups in total. The van der Waals surface area contributed by atoms with Gasteiger partial charge < -0.3 is 5.32 Å². The molecule has 4 nitrogen and oxygen atoms in total. The van der Waals surface area contributed by atoms with Gasteiger partial charge in [-0.1, -0.05) is 12.1 Å². The molecule has 2 amide bonds. The van der Waals surface area contributed by atoms with Gasteiger partial charge in [-0.3, -0.25) is 9.59 Å². The van der Waals surface area contributed by atoms with Crippen LogP contribution in [-0.4, -0.2) is 11.8 Å². The van der Waals surface area contributed by atoms with E-state index < -0.39 is 23.4 Å². The highest BCUT2D eigenvalue weighted by Crippen LogP contribution is 2.36. The first-order chi connectivity index (χ1) is 13.9. The van der Waals surface area contributed by atoms with Crippen molar-refractivity contribution in [3.8, 4) is 0 Å². The van der Waals surface area contributed by atoms with E-state index in [0.29, 0.717) is 10.6 Å². The van der Waals surface area contributed by atoms with Gasteiger partial charge in [0.15, 0.2) is 11.6 Å². The number of thiophene rings is 1. The number of hydrogen-bond acceptors (Lipinski definition) is 4. The molecule has 0 spiro atoms. The minimum absolute atomic E-state index is 0.0293. The van der Waals surface area contributed by atoms with Crippen molar-refractivity contribution in [3.05, 3.63) is 87.2 Å². The van der Waals surface area contributed by atoms with Crippen molar-refractivity contribution >= 4 is 40.1 Å². The van der Waals surface area contributed by atoms with E-state index in [1.165, 1.54) is 17.4 Å². The van der Waals surface area contributed by atoms with Gasteiger partial charge in [0.05, 0.1) is 11.3 Å². The molecule has 1 aliphatic heterocycles. The average Bonchev–Trinajstić information content (AvgIpc) is 3.28. The minimum atomic E-state index is -1.05. The molecule has 2 heterocycles. The van der Waals surface area contributed by atoms with Gasteiger partial charge in [0.25, 0.3) is 11.8 Å². The van der Waals surface area contributed by atoms with Crippen molar-refractivity contribution < 1.29 is 18.4 Å². The molecule has 0 saturated carbocycles. The Morgan fingerprint density at radius 3 is 2.34 bits per heavy atom. The average molecular weight is 410 g/mol. The molecule has 1 aromatic heterocycles.